The van der Waals surface area contributed by atoms with E-state index in [-0.39, 0.29) is 11.1 Å². The number of sulfonamides is 4. The van der Waals surface area contributed by atoms with Gasteiger partial charge in [-0.05, 0) is 34.8 Å². The lowest BCUT2D eigenvalue weighted by Crippen LogP contribution is -2.54. The summed E-state index contributed by atoms with van der Waals surface area (Å²) < 4.78 is 264. The highest BCUT2D eigenvalue weighted by Gasteiger charge is 2.50. The van der Waals surface area contributed by atoms with E-state index in [0.717, 1.165) is 9.80 Å². The van der Waals surface area contributed by atoms with Crippen LogP contribution in [0.15, 0.2) is 24.3 Å². The molecule has 0 aliphatic carbocycles. The Kier molecular flexibility index (Phi) is 20.1. The van der Waals surface area contributed by atoms with E-state index < -0.39 is 149 Å². The van der Waals surface area contributed by atoms with Gasteiger partial charge in [-0.15, -0.1) is 0 Å². The monoisotopic (exact) mass is 1000 g/mol. The van der Waals surface area contributed by atoms with Gasteiger partial charge in [0.15, 0.2) is 0 Å². The zero-order valence-corrected chi connectivity index (χ0v) is 37.8. The van der Waals surface area contributed by atoms with Crippen molar-refractivity contribution in [2.45, 2.75) is 115 Å². The fourth-order valence-electron chi connectivity index (χ4n) is 5.46. The maximum absolute atomic E-state index is 13.4. The molecule has 1 aromatic rings. The Morgan fingerprint density at radius 2 is 0.613 bits per heavy atom. The van der Waals surface area contributed by atoms with Crippen molar-refractivity contribution in [1.29, 1.82) is 0 Å². The zero-order valence-electron chi connectivity index (χ0n) is 34.5. The minimum absolute atomic E-state index is 0.168. The first-order valence-corrected chi connectivity index (χ1v) is 24.3. The van der Waals surface area contributed by atoms with E-state index in [2.05, 4.69) is 0 Å². The summed E-state index contributed by atoms with van der Waals surface area (Å²) in [6.45, 7) is 7.04. The average molecular weight is 1010 g/mol. The third kappa shape index (κ3) is 17.4. The first-order chi connectivity index (χ1) is 27.5. The van der Waals surface area contributed by atoms with Crippen molar-refractivity contribution >= 4 is 40.1 Å². The Morgan fingerprint density at radius 3 is 0.774 bits per heavy atom. The summed E-state index contributed by atoms with van der Waals surface area (Å²) in [6, 6.07) is -0.927. The lowest BCUT2D eigenvalue weighted by Gasteiger charge is -2.35. The third-order valence-electron chi connectivity index (χ3n) is 9.29. The van der Waals surface area contributed by atoms with Crippen LogP contribution in [0.5, 0.6) is 0 Å². The molecule has 0 unspecified atom stereocenters. The molecule has 0 fully saturated rings. The standard InChI is InChI=1S/C32H52F12N6O8S4/c1-19(2)25(45-59(51,52)29(33,34)35)15-49(16-26(20(3)4)46-60(53,54)30(36,37)38)13-23-10-9-11-24(12-23)14-50(17-27(21(5)6)47-61(55,56)31(39,40)41)18-28(22(7)8)48-62(57,58)32(42,43)44/h9-12,19-22,25-28,45-48H,13-18H2,1-8H3/t25-,26+,27-,28+. The molecule has 0 saturated carbocycles. The minimum Gasteiger partial charge on any atom is -0.296 e. The van der Waals surface area contributed by atoms with Crippen LogP contribution < -0.4 is 18.9 Å². The van der Waals surface area contributed by atoms with E-state index >= 15 is 0 Å². The van der Waals surface area contributed by atoms with Crippen LogP contribution in [0.25, 0.3) is 0 Å². The fourth-order valence-corrected chi connectivity index (χ4v) is 8.98. The molecule has 1 aromatic carbocycles. The van der Waals surface area contributed by atoms with Gasteiger partial charge in [-0.25, -0.2) is 52.6 Å². The number of rotatable bonds is 24. The molecule has 0 saturated heterocycles. The molecule has 0 spiro atoms. The summed E-state index contributed by atoms with van der Waals surface area (Å²) in [5.74, 6) is -3.64. The van der Waals surface area contributed by atoms with Crippen LogP contribution in [0.4, 0.5) is 52.7 Å². The molecule has 30 heteroatoms. The van der Waals surface area contributed by atoms with Gasteiger partial charge in [0.1, 0.15) is 0 Å². The molecule has 14 nitrogen and oxygen atoms in total. The molecule has 366 valence electrons. The lowest BCUT2D eigenvalue weighted by atomic mass is 10.0. The number of hydrogen-bond acceptors (Lipinski definition) is 10. The second-order valence-electron chi connectivity index (χ2n) is 15.9. The molecule has 0 bridgehead atoms. The van der Waals surface area contributed by atoms with Gasteiger partial charge in [-0.1, -0.05) is 79.7 Å². The van der Waals surface area contributed by atoms with E-state index in [4.69, 9.17) is 0 Å². The fraction of sp³-hybridized carbons (Fsp3) is 0.812. The molecule has 0 radical (unpaired) electrons. The Morgan fingerprint density at radius 1 is 0.419 bits per heavy atom. The van der Waals surface area contributed by atoms with Gasteiger partial charge in [0.2, 0.25) is 0 Å². The zero-order chi connectivity index (χ0) is 48.8. The van der Waals surface area contributed by atoms with Crippen LogP contribution in [0, 0.1) is 23.7 Å². The second-order valence-corrected chi connectivity index (χ2v) is 22.7. The topological polar surface area (TPSA) is 191 Å². The number of nitrogens with one attached hydrogen (secondary N) is 4. The highest BCUT2D eigenvalue weighted by molar-refractivity contribution is 7.91. The first kappa shape index (κ1) is 58.0. The van der Waals surface area contributed by atoms with Gasteiger partial charge < -0.3 is 0 Å². The predicted octanol–water partition coefficient (Wildman–Crippen LogP) is 5.15. The molecule has 0 heterocycles. The normalized spacial score (nSPS) is 16.5. The van der Waals surface area contributed by atoms with Crippen molar-refractivity contribution in [3.8, 4) is 0 Å². The van der Waals surface area contributed by atoms with Crippen LogP contribution in [-0.4, -0.2) is 116 Å². The van der Waals surface area contributed by atoms with Crippen LogP contribution >= 0.6 is 0 Å². The van der Waals surface area contributed by atoms with Gasteiger partial charge in [-0.2, -0.15) is 52.7 Å². The molecule has 0 aromatic heterocycles. The second kappa shape index (κ2) is 21.5. The number of hydrogen-bond donors (Lipinski definition) is 4. The van der Waals surface area contributed by atoms with Crippen molar-refractivity contribution in [3.05, 3.63) is 35.4 Å². The molecule has 62 heavy (non-hydrogen) atoms. The van der Waals surface area contributed by atoms with Crippen molar-refractivity contribution in [2.75, 3.05) is 26.2 Å². The van der Waals surface area contributed by atoms with Crippen molar-refractivity contribution < 1.29 is 86.4 Å². The molecular weight excluding hydrogens is 953 g/mol. The molecule has 0 aliphatic rings. The Balaban J connectivity index is 3.88. The summed E-state index contributed by atoms with van der Waals surface area (Å²) in [4.78, 5) is 2.32. The highest BCUT2D eigenvalue weighted by Crippen LogP contribution is 2.28. The predicted molar refractivity (Wildman–Crippen MR) is 204 cm³/mol. The van der Waals surface area contributed by atoms with E-state index in [0.29, 0.717) is 0 Å². The molecule has 0 aliphatic heterocycles. The van der Waals surface area contributed by atoms with Crippen molar-refractivity contribution in [3.63, 3.8) is 0 Å². The number of halogens is 12. The maximum Gasteiger partial charge on any atom is 0.511 e. The number of alkyl halides is 12. The van der Waals surface area contributed by atoms with Gasteiger partial charge in [0.05, 0.1) is 0 Å². The van der Waals surface area contributed by atoms with Gasteiger partial charge in [0.25, 0.3) is 0 Å². The summed E-state index contributed by atoms with van der Waals surface area (Å²) in [7, 11) is -24.0. The highest BCUT2D eigenvalue weighted by atomic mass is 32.2. The third-order valence-corrected chi connectivity index (χ3v) is 14.2. The van der Waals surface area contributed by atoms with Crippen LogP contribution in [0.1, 0.15) is 66.5 Å². The number of benzene rings is 1. The average Bonchev–Trinajstić information content (AvgIpc) is 3.04. The largest absolute Gasteiger partial charge is 0.511 e. The molecule has 0 amide bonds. The minimum atomic E-state index is -6.00. The first-order valence-electron chi connectivity index (χ1n) is 18.4. The van der Waals surface area contributed by atoms with E-state index in [1.54, 1.807) is 0 Å². The van der Waals surface area contributed by atoms with Crippen molar-refractivity contribution in [2.24, 2.45) is 23.7 Å². The molecule has 4 atom stereocenters. The summed E-state index contributed by atoms with van der Waals surface area (Å²) >= 11 is 0. The van der Waals surface area contributed by atoms with Crippen LogP contribution in [0.2, 0.25) is 0 Å². The number of nitrogens with zero attached hydrogens (tertiary/aromatic N) is 2. The van der Waals surface area contributed by atoms with Crippen molar-refractivity contribution in [1.82, 2.24) is 28.7 Å². The van der Waals surface area contributed by atoms with E-state index in [1.807, 2.05) is 0 Å². The van der Waals surface area contributed by atoms with Gasteiger partial charge >= 0.3 is 62.1 Å². The van der Waals surface area contributed by atoms with Crippen LogP contribution in [0.3, 0.4) is 0 Å². The quantitative estimate of drug-likeness (QED) is 0.101. The van der Waals surface area contributed by atoms with E-state index in [9.17, 15) is 86.4 Å². The summed E-state index contributed by atoms with van der Waals surface area (Å²) in [5, 5.41) is 0. The smallest absolute Gasteiger partial charge is 0.296 e. The van der Waals surface area contributed by atoms with Gasteiger partial charge in [-0.3, -0.25) is 9.80 Å². The summed E-state index contributed by atoms with van der Waals surface area (Å²) in [5.41, 5.74) is -22.8. The van der Waals surface area contributed by atoms with Crippen LogP contribution in [-0.2, 0) is 53.2 Å². The maximum atomic E-state index is 13.4. The SMILES string of the molecule is CC(C)[C@H](CN(Cc1cccc(CN(C[C@H](NS(=O)(=O)C(F)(F)F)C(C)C)C[C@@H](NS(=O)(=O)C(F)(F)F)C(C)C)c1)C[C@@H](NS(=O)(=O)C(F)(F)F)C(C)C)NS(=O)(=O)C(F)(F)F. The van der Waals surface area contributed by atoms with Gasteiger partial charge in [0, 0.05) is 63.4 Å². The van der Waals surface area contributed by atoms with E-state index in [1.165, 1.54) is 98.5 Å². The molecular formula is C32H52F12N6O8S4. The Hall–Kier alpha value is -2.06. The Bertz CT molecular complexity index is 1790. The molecule has 4 N–H and O–H groups in total. The lowest BCUT2D eigenvalue weighted by molar-refractivity contribution is -0.0461. The Labute approximate surface area is 354 Å². The molecule has 1 rings (SSSR count). The summed E-state index contributed by atoms with van der Waals surface area (Å²) in [6.07, 6.45) is 0.